The van der Waals surface area contributed by atoms with Crippen molar-refractivity contribution < 1.29 is 9.53 Å². The zero-order chi connectivity index (χ0) is 15.9. The van der Waals surface area contributed by atoms with Gasteiger partial charge in [-0.3, -0.25) is 4.79 Å². The van der Waals surface area contributed by atoms with Gasteiger partial charge in [0.05, 0.1) is 11.6 Å². The molecular formula is C18H18N2O2. The third-order valence-electron chi connectivity index (χ3n) is 3.14. The molecule has 0 radical (unpaired) electrons. The second kappa shape index (κ2) is 7.28. The Balaban J connectivity index is 2.08. The second-order valence-electron chi connectivity index (χ2n) is 5.12. The quantitative estimate of drug-likeness (QED) is 0.849. The summed E-state index contributed by atoms with van der Waals surface area (Å²) in [5, 5.41) is 8.87. The zero-order valence-electron chi connectivity index (χ0n) is 12.7. The summed E-state index contributed by atoms with van der Waals surface area (Å²) in [6.07, 6.45) is 0. The van der Waals surface area contributed by atoms with Crippen molar-refractivity contribution in [2.24, 2.45) is 0 Å². The molecule has 22 heavy (non-hydrogen) atoms. The molecule has 0 atom stereocenters. The zero-order valence-corrected chi connectivity index (χ0v) is 12.7. The van der Waals surface area contributed by atoms with Gasteiger partial charge in [-0.2, -0.15) is 5.26 Å². The van der Waals surface area contributed by atoms with Gasteiger partial charge in [-0.05, 0) is 44.2 Å². The number of nitriles is 1. The molecule has 4 heteroatoms. The molecule has 0 N–H and O–H groups in total. The SMILES string of the molecule is CC(C)N(C(=O)COc1cccc(C#N)c1)c1ccccc1. The third-order valence-corrected chi connectivity index (χ3v) is 3.14. The van der Waals surface area contributed by atoms with Gasteiger partial charge in [0.1, 0.15) is 5.75 Å². The number of hydrogen-bond donors (Lipinski definition) is 0. The van der Waals surface area contributed by atoms with Crippen molar-refractivity contribution in [1.29, 1.82) is 5.26 Å². The Morgan fingerprint density at radius 3 is 2.55 bits per heavy atom. The van der Waals surface area contributed by atoms with Crippen LogP contribution in [0.5, 0.6) is 5.75 Å². The minimum absolute atomic E-state index is 0.0314. The molecule has 0 aliphatic rings. The number of benzene rings is 2. The van der Waals surface area contributed by atoms with Crippen LogP contribution in [0.2, 0.25) is 0 Å². The normalized spacial score (nSPS) is 10.1. The summed E-state index contributed by atoms with van der Waals surface area (Å²) in [4.78, 5) is 14.2. The van der Waals surface area contributed by atoms with Crippen LogP contribution < -0.4 is 9.64 Å². The van der Waals surface area contributed by atoms with Gasteiger partial charge < -0.3 is 9.64 Å². The fourth-order valence-corrected chi connectivity index (χ4v) is 2.19. The molecule has 112 valence electrons. The molecule has 0 aliphatic carbocycles. The van der Waals surface area contributed by atoms with E-state index >= 15 is 0 Å². The molecule has 0 aromatic heterocycles. The Morgan fingerprint density at radius 2 is 1.91 bits per heavy atom. The first kappa shape index (κ1) is 15.6. The van der Waals surface area contributed by atoms with E-state index in [9.17, 15) is 4.79 Å². The predicted octanol–water partition coefficient (Wildman–Crippen LogP) is 3.38. The van der Waals surface area contributed by atoms with Crippen LogP contribution in [0.15, 0.2) is 54.6 Å². The van der Waals surface area contributed by atoms with E-state index in [2.05, 4.69) is 0 Å². The molecule has 0 bridgehead atoms. The minimum atomic E-state index is -0.122. The van der Waals surface area contributed by atoms with Crippen LogP contribution in [0.25, 0.3) is 0 Å². The Hall–Kier alpha value is -2.80. The lowest BCUT2D eigenvalue weighted by molar-refractivity contribution is -0.120. The van der Waals surface area contributed by atoms with Gasteiger partial charge >= 0.3 is 0 Å². The maximum Gasteiger partial charge on any atom is 0.265 e. The first-order chi connectivity index (χ1) is 10.6. The number of anilines is 1. The van der Waals surface area contributed by atoms with Crippen molar-refractivity contribution in [2.75, 3.05) is 11.5 Å². The molecule has 0 aliphatic heterocycles. The fraction of sp³-hybridized carbons (Fsp3) is 0.222. The summed E-state index contributed by atoms with van der Waals surface area (Å²) in [5.74, 6) is 0.396. The number of para-hydroxylation sites is 1. The summed E-state index contributed by atoms with van der Waals surface area (Å²) in [7, 11) is 0. The highest BCUT2D eigenvalue weighted by atomic mass is 16.5. The Bertz CT molecular complexity index is 675. The molecule has 0 heterocycles. The Kier molecular flexibility index (Phi) is 5.16. The van der Waals surface area contributed by atoms with Crippen molar-refractivity contribution in [3.8, 4) is 11.8 Å². The molecular weight excluding hydrogens is 276 g/mol. The number of amides is 1. The van der Waals surface area contributed by atoms with Crippen LogP contribution >= 0.6 is 0 Å². The Labute approximate surface area is 130 Å². The minimum Gasteiger partial charge on any atom is -0.484 e. The molecule has 0 saturated heterocycles. The maximum absolute atomic E-state index is 12.4. The highest BCUT2D eigenvalue weighted by molar-refractivity contribution is 5.94. The van der Waals surface area contributed by atoms with E-state index in [0.717, 1.165) is 5.69 Å². The lowest BCUT2D eigenvalue weighted by atomic mass is 10.2. The van der Waals surface area contributed by atoms with Gasteiger partial charge in [-0.1, -0.05) is 24.3 Å². The molecule has 0 spiro atoms. The van der Waals surface area contributed by atoms with Crippen LogP contribution in [0.3, 0.4) is 0 Å². The monoisotopic (exact) mass is 294 g/mol. The van der Waals surface area contributed by atoms with E-state index < -0.39 is 0 Å². The first-order valence-corrected chi connectivity index (χ1v) is 7.12. The fourth-order valence-electron chi connectivity index (χ4n) is 2.19. The number of hydrogen-bond acceptors (Lipinski definition) is 3. The van der Waals surface area contributed by atoms with E-state index in [-0.39, 0.29) is 18.6 Å². The van der Waals surface area contributed by atoms with Crippen molar-refractivity contribution in [3.63, 3.8) is 0 Å². The summed E-state index contributed by atoms with van der Waals surface area (Å²) < 4.78 is 5.52. The molecule has 0 saturated carbocycles. The molecule has 0 unspecified atom stereocenters. The van der Waals surface area contributed by atoms with Gasteiger partial charge in [0.25, 0.3) is 5.91 Å². The number of carbonyl (C=O) groups excluding carboxylic acids is 1. The van der Waals surface area contributed by atoms with Crippen LogP contribution in [-0.2, 0) is 4.79 Å². The summed E-state index contributed by atoms with van der Waals surface area (Å²) in [6, 6.07) is 18.4. The molecule has 2 aromatic carbocycles. The molecule has 2 aromatic rings. The standard InChI is InChI=1S/C18H18N2O2/c1-14(2)20(16-8-4-3-5-9-16)18(21)13-22-17-10-6-7-15(11-17)12-19/h3-11,14H,13H2,1-2H3. The smallest absolute Gasteiger partial charge is 0.265 e. The van der Waals surface area contributed by atoms with Crippen LogP contribution in [0, 0.1) is 11.3 Å². The van der Waals surface area contributed by atoms with Crippen molar-refractivity contribution in [1.82, 2.24) is 0 Å². The number of nitrogens with zero attached hydrogens (tertiary/aromatic N) is 2. The first-order valence-electron chi connectivity index (χ1n) is 7.12. The van der Waals surface area contributed by atoms with Crippen molar-refractivity contribution in [3.05, 3.63) is 60.2 Å². The van der Waals surface area contributed by atoms with Crippen LogP contribution in [-0.4, -0.2) is 18.6 Å². The lowest BCUT2D eigenvalue weighted by Gasteiger charge is -2.26. The molecule has 1 amide bonds. The van der Waals surface area contributed by atoms with Crippen molar-refractivity contribution in [2.45, 2.75) is 19.9 Å². The second-order valence-corrected chi connectivity index (χ2v) is 5.12. The third kappa shape index (κ3) is 3.86. The topological polar surface area (TPSA) is 53.3 Å². The summed E-state index contributed by atoms with van der Waals surface area (Å²) in [5.41, 5.74) is 1.35. The highest BCUT2D eigenvalue weighted by Crippen LogP contribution is 2.18. The number of ether oxygens (including phenoxy) is 1. The lowest BCUT2D eigenvalue weighted by Crippen LogP contribution is -2.40. The van der Waals surface area contributed by atoms with E-state index in [1.54, 1.807) is 29.2 Å². The van der Waals surface area contributed by atoms with Gasteiger partial charge in [-0.25, -0.2) is 0 Å². The highest BCUT2D eigenvalue weighted by Gasteiger charge is 2.19. The summed E-state index contributed by atoms with van der Waals surface area (Å²) >= 11 is 0. The van der Waals surface area contributed by atoms with Crippen molar-refractivity contribution >= 4 is 11.6 Å². The largest absolute Gasteiger partial charge is 0.484 e. The van der Waals surface area contributed by atoms with E-state index in [1.807, 2.05) is 50.2 Å². The van der Waals surface area contributed by atoms with Gasteiger partial charge in [0, 0.05) is 11.7 Å². The van der Waals surface area contributed by atoms with Gasteiger partial charge in [-0.15, -0.1) is 0 Å². The van der Waals surface area contributed by atoms with Gasteiger partial charge in [0.15, 0.2) is 6.61 Å². The molecule has 4 nitrogen and oxygen atoms in total. The van der Waals surface area contributed by atoms with E-state index in [0.29, 0.717) is 11.3 Å². The number of rotatable bonds is 5. The van der Waals surface area contributed by atoms with E-state index in [1.165, 1.54) is 0 Å². The summed E-state index contributed by atoms with van der Waals surface area (Å²) in [6.45, 7) is 3.85. The average Bonchev–Trinajstić information content (AvgIpc) is 2.54. The average molecular weight is 294 g/mol. The van der Waals surface area contributed by atoms with Crippen LogP contribution in [0.4, 0.5) is 5.69 Å². The maximum atomic E-state index is 12.4. The molecule has 0 fully saturated rings. The number of carbonyl (C=O) groups is 1. The molecule has 2 rings (SSSR count). The van der Waals surface area contributed by atoms with Crippen LogP contribution in [0.1, 0.15) is 19.4 Å². The van der Waals surface area contributed by atoms with E-state index in [4.69, 9.17) is 10.00 Å². The van der Waals surface area contributed by atoms with Gasteiger partial charge in [0.2, 0.25) is 0 Å². The predicted molar refractivity (Wildman–Crippen MR) is 85.7 cm³/mol. The Morgan fingerprint density at radius 1 is 1.18 bits per heavy atom.